The highest BCUT2D eigenvalue weighted by atomic mass is 16.5. The fraction of sp³-hybridized carbons (Fsp3) is 0.556. The lowest BCUT2D eigenvalue weighted by Gasteiger charge is -2.27. The quantitative estimate of drug-likeness (QED) is 0.624. The molecule has 0 spiro atoms. The molecular weight excluding hydrogens is 166 g/mol. The molecule has 2 fully saturated rings. The maximum absolute atomic E-state index is 5.51. The first-order valence-corrected chi connectivity index (χ1v) is 4.58. The van der Waals surface area contributed by atoms with Crippen LogP contribution in [0.3, 0.4) is 0 Å². The predicted octanol–water partition coefficient (Wildman–Crippen LogP) is 0.454. The van der Waals surface area contributed by atoms with Gasteiger partial charge in [-0.05, 0) is 6.42 Å². The lowest BCUT2D eigenvalue weighted by atomic mass is 10.2. The van der Waals surface area contributed by atoms with Crippen LogP contribution in [0.5, 0.6) is 0 Å². The van der Waals surface area contributed by atoms with E-state index in [1.54, 1.807) is 12.4 Å². The van der Waals surface area contributed by atoms with Gasteiger partial charge in [-0.3, -0.25) is 4.98 Å². The van der Waals surface area contributed by atoms with Crippen molar-refractivity contribution in [2.45, 2.75) is 18.6 Å². The average Bonchev–Trinajstić information content (AvgIpc) is 2.80. The highest BCUT2D eigenvalue weighted by Gasteiger charge is 2.39. The van der Waals surface area contributed by atoms with Gasteiger partial charge in [-0.15, -0.1) is 0 Å². The van der Waals surface area contributed by atoms with Gasteiger partial charge in [0.15, 0.2) is 0 Å². The van der Waals surface area contributed by atoms with Crippen molar-refractivity contribution in [1.29, 1.82) is 0 Å². The first-order chi connectivity index (χ1) is 6.43. The second-order valence-electron chi connectivity index (χ2n) is 3.56. The van der Waals surface area contributed by atoms with Gasteiger partial charge in [-0.25, -0.2) is 4.98 Å². The van der Waals surface area contributed by atoms with E-state index in [1.807, 2.05) is 6.20 Å². The van der Waals surface area contributed by atoms with E-state index in [0.29, 0.717) is 12.1 Å². The van der Waals surface area contributed by atoms with E-state index in [2.05, 4.69) is 14.9 Å². The zero-order chi connectivity index (χ0) is 8.67. The standard InChI is InChI=1S/C9H11N3O/c1-2-11-9(4-10-1)12-5-8-3-7(12)6-13-8/h1-2,4,7-8H,3,5-6H2/t7-,8+/m0/s1. The lowest BCUT2D eigenvalue weighted by Crippen LogP contribution is -2.37. The third-order valence-corrected chi connectivity index (χ3v) is 2.74. The van der Waals surface area contributed by atoms with Crippen LogP contribution >= 0.6 is 0 Å². The van der Waals surface area contributed by atoms with Crippen LogP contribution < -0.4 is 4.90 Å². The Kier molecular flexibility index (Phi) is 1.49. The summed E-state index contributed by atoms with van der Waals surface area (Å²) in [5.74, 6) is 0.985. The summed E-state index contributed by atoms with van der Waals surface area (Å²) in [4.78, 5) is 10.6. The maximum Gasteiger partial charge on any atom is 0.147 e. The third kappa shape index (κ3) is 1.09. The van der Waals surface area contributed by atoms with E-state index in [1.165, 1.54) is 0 Å². The zero-order valence-electron chi connectivity index (χ0n) is 7.26. The van der Waals surface area contributed by atoms with E-state index < -0.39 is 0 Å². The first-order valence-electron chi connectivity index (χ1n) is 4.58. The zero-order valence-corrected chi connectivity index (χ0v) is 7.26. The minimum atomic E-state index is 0.423. The highest BCUT2D eigenvalue weighted by Crippen LogP contribution is 2.30. The van der Waals surface area contributed by atoms with Gasteiger partial charge < -0.3 is 9.64 Å². The summed E-state index contributed by atoms with van der Waals surface area (Å²) in [5, 5.41) is 0. The molecular formula is C9H11N3O. The van der Waals surface area contributed by atoms with Gasteiger partial charge in [0.05, 0.1) is 24.9 Å². The maximum atomic E-state index is 5.51. The second kappa shape index (κ2) is 2.67. The summed E-state index contributed by atoms with van der Waals surface area (Å²) in [5.41, 5.74) is 0. The molecule has 4 nitrogen and oxygen atoms in total. The van der Waals surface area contributed by atoms with Crippen LogP contribution in [0.1, 0.15) is 6.42 Å². The van der Waals surface area contributed by atoms with Crippen molar-refractivity contribution in [3.05, 3.63) is 18.6 Å². The minimum Gasteiger partial charge on any atom is -0.374 e. The molecule has 2 aliphatic rings. The smallest absolute Gasteiger partial charge is 0.147 e. The van der Waals surface area contributed by atoms with Crippen LogP contribution in [0.15, 0.2) is 18.6 Å². The number of ether oxygens (including phenoxy) is 1. The van der Waals surface area contributed by atoms with Crippen LogP contribution in [0.4, 0.5) is 5.82 Å². The first kappa shape index (κ1) is 7.26. The molecule has 2 bridgehead atoms. The van der Waals surface area contributed by atoms with Gasteiger partial charge >= 0.3 is 0 Å². The molecule has 0 amide bonds. The van der Waals surface area contributed by atoms with Crippen molar-refractivity contribution in [3.8, 4) is 0 Å². The number of nitrogens with zero attached hydrogens (tertiary/aromatic N) is 3. The Morgan fingerprint density at radius 3 is 3.08 bits per heavy atom. The Hall–Kier alpha value is -1.16. The molecule has 2 aliphatic heterocycles. The summed E-state index contributed by atoms with van der Waals surface area (Å²) in [7, 11) is 0. The van der Waals surface area contributed by atoms with Crippen molar-refractivity contribution in [1.82, 2.24) is 9.97 Å². The van der Waals surface area contributed by atoms with Crippen LogP contribution in [0, 0.1) is 0 Å². The molecule has 0 aliphatic carbocycles. The van der Waals surface area contributed by atoms with Crippen LogP contribution in [0.2, 0.25) is 0 Å². The molecule has 2 saturated heterocycles. The fourth-order valence-corrected chi connectivity index (χ4v) is 2.12. The van der Waals surface area contributed by atoms with Gasteiger partial charge in [-0.2, -0.15) is 0 Å². The Balaban J connectivity index is 1.87. The Bertz CT molecular complexity index is 303. The van der Waals surface area contributed by atoms with E-state index in [4.69, 9.17) is 4.74 Å². The molecule has 3 heterocycles. The van der Waals surface area contributed by atoms with Gasteiger partial charge in [0.2, 0.25) is 0 Å². The largest absolute Gasteiger partial charge is 0.374 e. The predicted molar refractivity (Wildman–Crippen MR) is 47.5 cm³/mol. The highest BCUT2D eigenvalue weighted by molar-refractivity contribution is 5.40. The molecule has 0 N–H and O–H groups in total. The van der Waals surface area contributed by atoms with Crippen LogP contribution in [-0.2, 0) is 4.74 Å². The van der Waals surface area contributed by atoms with Crippen LogP contribution in [-0.4, -0.2) is 35.3 Å². The van der Waals surface area contributed by atoms with E-state index in [-0.39, 0.29) is 0 Å². The normalized spacial score (nSPS) is 31.2. The second-order valence-corrected chi connectivity index (χ2v) is 3.56. The monoisotopic (exact) mass is 177 g/mol. The van der Waals surface area contributed by atoms with E-state index >= 15 is 0 Å². The number of aromatic nitrogens is 2. The van der Waals surface area contributed by atoms with Crippen molar-refractivity contribution < 1.29 is 4.74 Å². The summed E-state index contributed by atoms with van der Waals surface area (Å²) >= 11 is 0. The number of hydrogen-bond donors (Lipinski definition) is 0. The van der Waals surface area contributed by atoms with Gasteiger partial charge in [-0.1, -0.05) is 0 Å². The topological polar surface area (TPSA) is 38.2 Å². The molecule has 0 unspecified atom stereocenters. The number of morpholine rings is 1. The molecule has 3 rings (SSSR count). The summed E-state index contributed by atoms with van der Waals surface area (Å²) in [6.45, 7) is 1.82. The molecule has 1 aromatic rings. The van der Waals surface area contributed by atoms with Crippen molar-refractivity contribution in [2.24, 2.45) is 0 Å². The number of rotatable bonds is 1. The van der Waals surface area contributed by atoms with E-state index in [9.17, 15) is 0 Å². The molecule has 2 atom stereocenters. The SMILES string of the molecule is c1cnc(N2C[C@H]3C[C@H]2CO3)cn1. The summed E-state index contributed by atoms with van der Waals surface area (Å²) in [6, 6.07) is 0.529. The van der Waals surface area contributed by atoms with Crippen molar-refractivity contribution >= 4 is 5.82 Å². The fourth-order valence-electron chi connectivity index (χ4n) is 2.12. The lowest BCUT2D eigenvalue weighted by molar-refractivity contribution is 0.0989. The third-order valence-electron chi connectivity index (χ3n) is 2.74. The Morgan fingerprint density at radius 1 is 1.46 bits per heavy atom. The Morgan fingerprint density at radius 2 is 2.46 bits per heavy atom. The molecule has 0 radical (unpaired) electrons. The molecule has 4 heteroatoms. The molecule has 68 valence electrons. The summed E-state index contributed by atoms with van der Waals surface area (Å²) in [6.07, 6.45) is 6.83. The molecule has 13 heavy (non-hydrogen) atoms. The van der Waals surface area contributed by atoms with Crippen molar-refractivity contribution in [3.63, 3.8) is 0 Å². The average molecular weight is 177 g/mol. The minimum absolute atomic E-state index is 0.423. The van der Waals surface area contributed by atoms with E-state index in [0.717, 1.165) is 25.4 Å². The van der Waals surface area contributed by atoms with Crippen molar-refractivity contribution in [2.75, 3.05) is 18.1 Å². The number of fused-ring (bicyclic) bond motifs is 2. The van der Waals surface area contributed by atoms with Crippen LogP contribution in [0.25, 0.3) is 0 Å². The van der Waals surface area contributed by atoms with Gasteiger partial charge in [0.1, 0.15) is 5.82 Å². The number of hydrogen-bond acceptors (Lipinski definition) is 4. The number of anilines is 1. The molecule has 0 saturated carbocycles. The van der Waals surface area contributed by atoms with Gasteiger partial charge in [0.25, 0.3) is 0 Å². The summed E-state index contributed by atoms with van der Waals surface area (Å²) < 4.78 is 5.51. The van der Waals surface area contributed by atoms with Gasteiger partial charge in [0, 0.05) is 18.9 Å². The Labute approximate surface area is 76.6 Å². The molecule has 1 aromatic heterocycles. The molecule has 0 aromatic carbocycles.